The highest BCUT2D eigenvalue weighted by Crippen LogP contribution is 2.37. The van der Waals surface area contributed by atoms with Crippen LogP contribution < -0.4 is 16.0 Å². The van der Waals surface area contributed by atoms with Crippen LogP contribution >= 0.6 is 0 Å². The minimum absolute atomic E-state index is 0.0346. The first-order valence-electron chi connectivity index (χ1n) is 11.2. The van der Waals surface area contributed by atoms with E-state index in [9.17, 15) is 9.59 Å². The molecule has 32 heavy (non-hydrogen) atoms. The summed E-state index contributed by atoms with van der Waals surface area (Å²) >= 11 is 0. The standard InChI is InChI=1S/C27H27N3O2/c31-26-21-14-8-7-13-20(21)24(25(30-26)19-11-5-2-6-12-19)27(32)29-23-15-16-28-17-22(23)18-9-3-1-4-10-18/h1-14,22-25,28H,15-17H2,(H,29,32)(H,30,31). The van der Waals surface area contributed by atoms with Crippen LogP contribution in [0, 0.1) is 0 Å². The van der Waals surface area contributed by atoms with Crippen LogP contribution in [0.5, 0.6) is 0 Å². The van der Waals surface area contributed by atoms with Crippen molar-refractivity contribution >= 4 is 11.8 Å². The SMILES string of the molecule is O=C1NC(c2ccccc2)C(C(=O)NC2CCNCC2c2ccccc2)c2ccccc21. The summed E-state index contributed by atoms with van der Waals surface area (Å²) in [6.07, 6.45) is 0.863. The molecule has 1 saturated heterocycles. The zero-order chi connectivity index (χ0) is 21.9. The molecule has 0 spiro atoms. The fourth-order valence-corrected chi connectivity index (χ4v) is 5.04. The van der Waals surface area contributed by atoms with E-state index in [1.54, 1.807) is 6.07 Å². The Labute approximate surface area is 188 Å². The van der Waals surface area contributed by atoms with Crippen molar-refractivity contribution in [3.05, 3.63) is 107 Å². The Morgan fingerprint density at radius 2 is 1.50 bits per heavy atom. The fraction of sp³-hybridized carbons (Fsp3) is 0.259. The molecule has 3 aromatic carbocycles. The number of fused-ring (bicyclic) bond motifs is 1. The van der Waals surface area contributed by atoms with E-state index in [0.29, 0.717) is 5.56 Å². The predicted octanol–water partition coefficient (Wildman–Crippen LogP) is 3.52. The van der Waals surface area contributed by atoms with Crippen molar-refractivity contribution in [1.29, 1.82) is 0 Å². The summed E-state index contributed by atoms with van der Waals surface area (Å²) in [5.74, 6) is -0.461. The molecule has 0 bridgehead atoms. The number of nitrogens with one attached hydrogen (secondary N) is 3. The van der Waals surface area contributed by atoms with Crippen LogP contribution in [0.3, 0.4) is 0 Å². The third-order valence-electron chi connectivity index (χ3n) is 6.64. The summed E-state index contributed by atoms with van der Waals surface area (Å²) in [6, 6.07) is 27.2. The van der Waals surface area contributed by atoms with Crippen molar-refractivity contribution in [2.75, 3.05) is 13.1 Å². The Balaban J connectivity index is 1.48. The van der Waals surface area contributed by atoms with E-state index < -0.39 is 12.0 Å². The molecular formula is C27H27N3O2. The van der Waals surface area contributed by atoms with Gasteiger partial charge in [0.15, 0.2) is 0 Å². The fourth-order valence-electron chi connectivity index (χ4n) is 5.04. The number of amides is 2. The summed E-state index contributed by atoms with van der Waals surface area (Å²) < 4.78 is 0. The number of hydrogen-bond donors (Lipinski definition) is 3. The molecule has 5 nitrogen and oxygen atoms in total. The van der Waals surface area contributed by atoms with Gasteiger partial charge in [-0.25, -0.2) is 0 Å². The van der Waals surface area contributed by atoms with Crippen molar-refractivity contribution in [1.82, 2.24) is 16.0 Å². The Morgan fingerprint density at radius 1 is 0.844 bits per heavy atom. The van der Waals surface area contributed by atoms with E-state index in [2.05, 4.69) is 28.1 Å². The minimum atomic E-state index is -0.488. The Hall–Kier alpha value is -3.44. The van der Waals surface area contributed by atoms with Gasteiger partial charge < -0.3 is 16.0 Å². The predicted molar refractivity (Wildman–Crippen MR) is 124 cm³/mol. The molecule has 3 aromatic rings. The van der Waals surface area contributed by atoms with E-state index in [1.165, 1.54) is 5.56 Å². The highest BCUT2D eigenvalue weighted by molar-refractivity contribution is 6.01. The van der Waals surface area contributed by atoms with Gasteiger partial charge in [0.25, 0.3) is 5.91 Å². The second-order valence-electron chi connectivity index (χ2n) is 8.55. The maximum Gasteiger partial charge on any atom is 0.252 e. The molecule has 3 N–H and O–H groups in total. The van der Waals surface area contributed by atoms with Crippen LogP contribution in [0.15, 0.2) is 84.9 Å². The monoisotopic (exact) mass is 425 g/mol. The van der Waals surface area contributed by atoms with Gasteiger partial charge in [0.2, 0.25) is 5.91 Å². The molecule has 0 radical (unpaired) electrons. The molecule has 5 rings (SSSR count). The highest BCUT2D eigenvalue weighted by Gasteiger charge is 2.40. The first-order valence-corrected chi connectivity index (χ1v) is 11.2. The molecule has 0 aliphatic carbocycles. The summed E-state index contributed by atoms with van der Waals surface area (Å²) in [4.78, 5) is 26.6. The lowest BCUT2D eigenvalue weighted by molar-refractivity contribution is -0.124. The maximum atomic E-state index is 13.8. The molecule has 162 valence electrons. The highest BCUT2D eigenvalue weighted by atomic mass is 16.2. The van der Waals surface area contributed by atoms with E-state index >= 15 is 0 Å². The van der Waals surface area contributed by atoms with Crippen molar-refractivity contribution in [3.8, 4) is 0 Å². The molecule has 4 unspecified atom stereocenters. The number of carbonyl (C=O) groups excluding carboxylic acids is 2. The van der Waals surface area contributed by atoms with E-state index in [0.717, 1.165) is 30.6 Å². The van der Waals surface area contributed by atoms with Gasteiger partial charge in [-0.15, -0.1) is 0 Å². The summed E-state index contributed by atoms with van der Waals surface area (Å²) in [5, 5.41) is 9.91. The molecule has 4 atom stereocenters. The third kappa shape index (κ3) is 3.92. The summed E-state index contributed by atoms with van der Waals surface area (Å²) in [7, 11) is 0. The molecule has 2 amide bonds. The van der Waals surface area contributed by atoms with Crippen LogP contribution in [0.2, 0.25) is 0 Å². The van der Waals surface area contributed by atoms with E-state index in [4.69, 9.17) is 0 Å². The smallest absolute Gasteiger partial charge is 0.252 e. The van der Waals surface area contributed by atoms with Gasteiger partial charge in [-0.3, -0.25) is 9.59 Å². The summed E-state index contributed by atoms with van der Waals surface area (Å²) in [5.41, 5.74) is 3.51. The average molecular weight is 426 g/mol. The van der Waals surface area contributed by atoms with Gasteiger partial charge in [-0.1, -0.05) is 78.9 Å². The third-order valence-corrected chi connectivity index (χ3v) is 6.64. The van der Waals surface area contributed by atoms with Crippen molar-refractivity contribution in [2.24, 2.45) is 0 Å². The molecule has 2 heterocycles. The molecule has 5 heteroatoms. The number of benzene rings is 3. The average Bonchev–Trinajstić information content (AvgIpc) is 2.85. The van der Waals surface area contributed by atoms with Crippen LogP contribution in [-0.2, 0) is 4.79 Å². The van der Waals surface area contributed by atoms with Gasteiger partial charge in [0.1, 0.15) is 0 Å². The molecule has 1 fully saturated rings. The van der Waals surface area contributed by atoms with Gasteiger partial charge in [0, 0.05) is 24.1 Å². The Bertz CT molecular complexity index is 1100. The minimum Gasteiger partial charge on any atom is -0.352 e. The van der Waals surface area contributed by atoms with Crippen LogP contribution in [0.1, 0.15) is 51.3 Å². The van der Waals surface area contributed by atoms with Gasteiger partial charge in [0.05, 0.1) is 12.0 Å². The number of rotatable bonds is 4. The zero-order valence-electron chi connectivity index (χ0n) is 17.8. The molecule has 0 aromatic heterocycles. The van der Waals surface area contributed by atoms with Crippen LogP contribution in [0.25, 0.3) is 0 Å². The van der Waals surface area contributed by atoms with Crippen molar-refractivity contribution in [3.63, 3.8) is 0 Å². The quantitative estimate of drug-likeness (QED) is 0.599. The van der Waals surface area contributed by atoms with Crippen molar-refractivity contribution in [2.45, 2.75) is 30.3 Å². The lowest BCUT2D eigenvalue weighted by atomic mass is 9.79. The Kier molecular flexibility index (Phi) is 5.73. The van der Waals surface area contributed by atoms with Crippen LogP contribution in [-0.4, -0.2) is 30.9 Å². The van der Waals surface area contributed by atoms with Gasteiger partial charge >= 0.3 is 0 Å². The van der Waals surface area contributed by atoms with Crippen molar-refractivity contribution < 1.29 is 9.59 Å². The summed E-state index contributed by atoms with van der Waals surface area (Å²) in [6.45, 7) is 1.70. The lowest BCUT2D eigenvalue weighted by Gasteiger charge is -2.37. The largest absolute Gasteiger partial charge is 0.352 e. The zero-order valence-corrected chi connectivity index (χ0v) is 17.8. The lowest BCUT2D eigenvalue weighted by Crippen LogP contribution is -2.52. The second kappa shape index (κ2) is 8.97. The van der Waals surface area contributed by atoms with Gasteiger partial charge in [-0.05, 0) is 35.7 Å². The van der Waals surface area contributed by atoms with E-state index in [-0.39, 0.29) is 23.8 Å². The molecule has 2 aliphatic heterocycles. The van der Waals surface area contributed by atoms with Crippen LogP contribution in [0.4, 0.5) is 0 Å². The number of piperidine rings is 1. The molecule has 0 saturated carbocycles. The Morgan fingerprint density at radius 3 is 2.25 bits per heavy atom. The first-order chi connectivity index (χ1) is 15.7. The maximum absolute atomic E-state index is 13.8. The first kappa shape index (κ1) is 20.5. The molecule has 2 aliphatic rings. The van der Waals surface area contributed by atoms with E-state index in [1.807, 2.05) is 66.7 Å². The number of carbonyl (C=O) groups is 2. The second-order valence-corrected chi connectivity index (χ2v) is 8.55. The van der Waals surface area contributed by atoms with Gasteiger partial charge in [-0.2, -0.15) is 0 Å². The topological polar surface area (TPSA) is 70.2 Å². The molecular weight excluding hydrogens is 398 g/mol. The normalized spacial score (nSPS) is 24.8. The number of hydrogen-bond acceptors (Lipinski definition) is 3.